The molecule has 2 aliphatic heterocycles. The molecule has 0 saturated carbocycles. The summed E-state index contributed by atoms with van der Waals surface area (Å²) >= 11 is 0. The molecule has 0 bridgehead atoms. The molecule has 128 valence electrons. The van der Waals surface area contributed by atoms with E-state index in [2.05, 4.69) is 10.4 Å². The van der Waals surface area contributed by atoms with Gasteiger partial charge in [-0.15, -0.1) is 0 Å². The molecule has 2 unspecified atom stereocenters. The smallest absolute Gasteiger partial charge is 0.322 e. The summed E-state index contributed by atoms with van der Waals surface area (Å²) in [5, 5.41) is 6.29. The number of halogens is 2. The summed E-state index contributed by atoms with van der Waals surface area (Å²) in [6.07, 6.45) is 0.267. The number of aryl methyl sites for hydroxylation is 1. The third kappa shape index (κ3) is 3.45. The lowest BCUT2D eigenvalue weighted by Gasteiger charge is -2.35. The van der Waals surface area contributed by atoms with Crippen LogP contribution in [0, 0.1) is 0 Å². The lowest BCUT2D eigenvalue weighted by atomic mass is 10.1. The number of anilines is 1. The Hall–Kier alpha value is -1.74. The molecule has 2 amide bonds. The van der Waals surface area contributed by atoms with Gasteiger partial charge in [-0.25, -0.2) is 13.6 Å². The van der Waals surface area contributed by atoms with E-state index in [-0.39, 0.29) is 23.6 Å². The highest BCUT2D eigenvalue weighted by molar-refractivity contribution is 5.90. The maximum absolute atomic E-state index is 13.0. The van der Waals surface area contributed by atoms with Crippen LogP contribution in [0.2, 0.25) is 0 Å². The molecule has 0 radical (unpaired) electrons. The molecule has 9 heteroatoms. The summed E-state index contributed by atoms with van der Waals surface area (Å²) in [7, 11) is 1.42. The van der Waals surface area contributed by atoms with Crippen LogP contribution in [0.3, 0.4) is 0 Å². The normalized spacial score (nSPS) is 25.1. The highest BCUT2D eigenvalue weighted by atomic mass is 19.3. The molecule has 2 aliphatic rings. The fourth-order valence-electron chi connectivity index (χ4n) is 2.98. The van der Waals surface area contributed by atoms with Crippen LogP contribution in [0.5, 0.6) is 0 Å². The first kappa shape index (κ1) is 16.1. The molecule has 23 heavy (non-hydrogen) atoms. The minimum Gasteiger partial charge on any atom is -0.375 e. The second-order valence-electron chi connectivity index (χ2n) is 5.70. The van der Waals surface area contributed by atoms with Crippen LogP contribution in [0.15, 0.2) is 6.20 Å². The van der Waals surface area contributed by atoms with Crippen LogP contribution in [-0.4, -0.2) is 59.2 Å². The molecule has 2 fully saturated rings. The average molecular weight is 330 g/mol. The summed E-state index contributed by atoms with van der Waals surface area (Å²) in [5.74, 6) is 0. The largest absolute Gasteiger partial charge is 0.375 e. The monoisotopic (exact) mass is 330 g/mol. The zero-order valence-corrected chi connectivity index (χ0v) is 12.9. The Kier molecular flexibility index (Phi) is 4.76. The number of alkyl halides is 2. The van der Waals surface area contributed by atoms with E-state index in [9.17, 15) is 13.6 Å². The fraction of sp³-hybridized carbons (Fsp3) is 0.714. The maximum Gasteiger partial charge on any atom is 0.322 e. The Morgan fingerprint density at radius 1 is 1.39 bits per heavy atom. The van der Waals surface area contributed by atoms with Crippen molar-refractivity contribution in [1.82, 2.24) is 14.7 Å². The second-order valence-corrected chi connectivity index (χ2v) is 5.70. The molecule has 0 aliphatic carbocycles. The average Bonchev–Trinajstić information content (AvgIpc) is 3.17. The van der Waals surface area contributed by atoms with E-state index in [1.165, 1.54) is 13.2 Å². The molecule has 3 rings (SSSR count). The number of ether oxygens (including phenoxy) is 2. The first-order chi connectivity index (χ1) is 11.1. The molecule has 1 N–H and O–H groups in total. The highest BCUT2D eigenvalue weighted by Crippen LogP contribution is 2.27. The van der Waals surface area contributed by atoms with Crippen molar-refractivity contribution in [3.8, 4) is 0 Å². The predicted octanol–water partition coefficient (Wildman–Crippen LogP) is 1.77. The van der Waals surface area contributed by atoms with Crippen molar-refractivity contribution >= 4 is 11.7 Å². The molecule has 7 nitrogen and oxygen atoms in total. The number of hydrogen-bond acceptors (Lipinski definition) is 4. The second kappa shape index (κ2) is 6.79. The molecule has 1 aromatic heterocycles. The Morgan fingerprint density at radius 3 is 2.87 bits per heavy atom. The molecule has 3 heterocycles. The number of nitrogens with zero attached hydrogens (tertiary/aromatic N) is 3. The molecule has 2 atom stereocenters. The number of aromatic nitrogens is 2. The van der Waals surface area contributed by atoms with Crippen molar-refractivity contribution in [3.63, 3.8) is 0 Å². The third-order valence-electron chi connectivity index (χ3n) is 4.19. The SMILES string of the molecule is Cn1ncc(NC(=O)N2CCOC(C3CCCO3)C2)c1C(F)F. The van der Waals surface area contributed by atoms with Crippen LogP contribution < -0.4 is 5.32 Å². The van der Waals surface area contributed by atoms with Gasteiger partial charge in [-0.2, -0.15) is 5.10 Å². The molecule has 1 aromatic rings. The molecule has 0 spiro atoms. The lowest BCUT2D eigenvalue weighted by molar-refractivity contribution is -0.0839. The minimum absolute atomic E-state index is 0.000571. The summed E-state index contributed by atoms with van der Waals surface area (Å²) < 4.78 is 38.4. The van der Waals surface area contributed by atoms with Gasteiger partial charge in [0.2, 0.25) is 0 Å². The summed E-state index contributed by atoms with van der Waals surface area (Å²) in [6.45, 7) is 1.93. The summed E-state index contributed by atoms with van der Waals surface area (Å²) in [4.78, 5) is 13.9. The van der Waals surface area contributed by atoms with E-state index < -0.39 is 12.5 Å². The maximum atomic E-state index is 13.0. The first-order valence-corrected chi connectivity index (χ1v) is 7.65. The van der Waals surface area contributed by atoms with Gasteiger partial charge in [0.15, 0.2) is 0 Å². The zero-order valence-electron chi connectivity index (χ0n) is 12.9. The predicted molar refractivity (Wildman–Crippen MR) is 77.5 cm³/mol. The van der Waals surface area contributed by atoms with Gasteiger partial charge in [-0.1, -0.05) is 0 Å². The lowest BCUT2D eigenvalue weighted by Crippen LogP contribution is -2.51. The van der Waals surface area contributed by atoms with Gasteiger partial charge in [-0.05, 0) is 12.8 Å². The molecular formula is C14H20F2N4O3. The standard InChI is InChI=1S/C14H20F2N4O3/c1-19-12(13(15)16)9(7-17-19)18-14(21)20-4-6-23-11(8-20)10-3-2-5-22-10/h7,10-11,13H,2-6,8H2,1H3,(H,18,21). The first-order valence-electron chi connectivity index (χ1n) is 7.65. The van der Waals surface area contributed by atoms with Crippen LogP contribution in [0.25, 0.3) is 0 Å². The van der Waals surface area contributed by atoms with E-state index in [1.807, 2.05) is 0 Å². The number of rotatable bonds is 3. The van der Waals surface area contributed by atoms with Crippen LogP contribution in [-0.2, 0) is 16.5 Å². The minimum atomic E-state index is -2.71. The van der Waals surface area contributed by atoms with Crippen LogP contribution in [0.4, 0.5) is 19.3 Å². The van der Waals surface area contributed by atoms with Gasteiger partial charge in [0.25, 0.3) is 6.43 Å². The van der Waals surface area contributed by atoms with Crippen molar-refractivity contribution < 1.29 is 23.0 Å². The van der Waals surface area contributed by atoms with Gasteiger partial charge < -0.3 is 19.7 Å². The van der Waals surface area contributed by atoms with Gasteiger partial charge in [0.1, 0.15) is 11.8 Å². The highest BCUT2D eigenvalue weighted by Gasteiger charge is 2.33. The van der Waals surface area contributed by atoms with E-state index in [1.54, 1.807) is 4.90 Å². The Labute approximate surface area is 132 Å². The zero-order chi connectivity index (χ0) is 16.4. The van der Waals surface area contributed by atoms with E-state index in [0.29, 0.717) is 26.3 Å². The number of urea groups is 1. The third-order valence-corrected chi connectivity index (χ3v) is 4.19. The number of hydrogen-bond donors (Lipinski definition) is 1. The van der Waals surface area contributed by atoms with Crippen LogP contribution in [0.1, 0.15) is 25.0 Å². The molecule has 2 saturated heterocycles. The van der Waals surface area contributed by atoms with Crippen molar-refractivity contribution in [2.45, 2.75) is 31.5 Å². The van der Waals surface area contributed by atoms with Crippen LogP contribution >= 0.6 is 0 Å². The fourth-order valence-corrected chi connectivity index (χ4v) is 2.98. The van der Waals surface area contributed by atoms with Crippen molar-refractivity contribution in [2.24, 2.45) is 7.05 Å². The number of carbonyl (C=O) groups excluding carboxylic acids is 1. The van der Waals surface area contributed by atoms with E-state index in [4.69, 9.17) is 9.47 Å². The quantitative estimate of drug-likeness (QED) is 0.917. The van der Waals surface area contributed by atoms with Gasteiger partial charge >= 0.3 is 6.03 Å². The van der Waals surface area contributed by atoms with E-state index >= 15 is 0 Å². The van der Waals surface area contributed by atoms with E-state index in [0.717, 1.165) is 17.5 Å². The van der Waals surface area contributed by atoms with Crippen molar-refractivity contribution in [2.75, 3.05) is 31.6 Å². The molecular weight excluding hydrogens is 310 g/mol. The topological polar surface area (TPSA) is 68.6 Å². The van der Waals surface area contributed by atoms with Gasteiger partial charge in [0, 0.05) is 20.2 Å². The van der Waals surface area contributed by atoms with Gasteiger partial charge in [-0.3, -0.25) is 4.68 Å². The van der Waals surface area contributed by atoms with Crippen molar-refractivity contribution in [1.29, 1.82) is 0 Å². The Morgan fingerprint density at radius 2 is 2.17 bits per heavy atom. The Balaban J connectivity index is 1.63. The Bertz CT molecular complexity index is 560. The summed E-state index contributed by atoms with van der Waals surface area (Å²) in [6, 6.07) is -0.425. The number of morpholine rings is 1. The van der Waals surface area contributed by atoms with Crippen molar-refractivity contribution in [3.05, 3.63) is 11.9 Å². The molecule has 0 aromatic carbocycles. The van der Waals surface area contributed by atoms with Gasteiger partial charge in [0.05, 0.1) is 31.1 Å². The number of amides is 2. The number of carbonyl (C=O) groups is 1. The number of nitrogens with one attached hydrogen (secondary N) is 1. The summed E-state index contributed by atoms with van der Waals surface area (Å²) in [5.41, 5.74) is -0.269.